The van der Waals surface area contributed by atoms with Crippen molar-refractivity contribution in [3.63, 3.8) is 0 Å². The number of hydrogen-bond acceptors (Lipinski definition) is 3. The summed E-state index contributed by atoms with van der Waals surface area (Å²) in [5.41, 5.74) is 2.84. The number of benzene rings is 2. The number of nitrogens with one attached hydrogen (secondary N) is 1. The van der Waals surface area contributed by atoms with Crippen LogP contribution in [0.25, 0.3) is 0 Å². The van der Waals surface area contributed by atoms with Crippen molar-refractivity contribution >= 4 is 5.91 Å². The predicted molar refractivity (Wildman–Crippen MR) is 103 cm³/mol. The Morgan fingerprint density at radius 1 is 1.23 bits per heavy atom. The summed E-state index contributed by atoms with van der Waals surface area (Å²) in [4.78, 5) is 12.7. The summed E-state index contributed by atoms with van der Waals surface area (Å²) in [5, 5.41) is 3.15. The lowest BCUT2D eigenvalue weighted by Gasteiger charge is -2.38. The number of amides is 1. The molecule has 26 heavy (non-hydrogen) atoms. The van der Waals surface area contributed by atoms with Gasteiger partial charge in [-0.15, -0.1) is 0 Å². The zero-order chi connectivity index (χ0) is 18.9. The van der Waals surface area contributed by atoms with Crippen LogP contribution in [0, 0.1) is 13.8 Å². The van der Waals surface area contributed by atoms with E-state index in [0.29, 0.717) is 6.42 Å². The first-order valence-electron chi connectivity index (χ1n) is 9.07. The molecule has 138 valence electrons. The van der Waals surface area contributed by atoms with Crippen molar-refractivity contribution in [1.29, 1.82) is 0 Å². The van der Waals surface area contributed by atoms with Gasteiger partial charge in [0.1, 0.15) is 17.1 Å². The number of hydrogen-bond donors (Lipinski definition) is 1. The Hall–Kier alpha value is -2.49. The van der Waals surface area contributed by atoms with Gasteiger partial charge in [0.15, 0.2) is 6.10 Å². The molecule has 4 heteroatoms. The first kappa shape index (κ1) is 18.3. The van der Waals surface area contributed by atoms with E-state index >= 15 is 0 Å². The highest BCUT2D eigenvalue weighted by molar-refractivity contribution is 5.81. The van der Waals surface area contributed by atoms with Crippen molar-refractivity contribution in [2.24, 2.45) is 0 Å². The first-order chi connectivity index (χ1) is 12.2. The number of ether oxygens (including phenoxy) is 2. The Kier molecular flexibility index (Phi) is 4.94. The largest absolute Gasteiger partial charge is 0.487 e. The van der Waals surface area contributed by atoms with Crippen LogP contribution in [0.4, 0.5) is 0 Å². The van der Waals surface area contributed by atoms with Crippen LogP contribution < -0.4 is 14.8 Å². The lowest BCUT2D eigenvalue weighted by atomic mass is 9.89. The van der Waals surface area contributed by atoms with E-state index in [4.69, 9.17) is 9.47 Å². The van der Waals surface area contributed by atoms with Gasteiger partial charge in [0, 0.05) is 12.0 Å². The number of carbonyl (C=O) groups is 1. The van der Waals surface area contributed by atoms with E-state index in [1.54, 1.807) is 6.92 Å². The van der Waals surface area contributed by atoms with E-state index in [2.05, 4.69) is 5.32 Å². The molecule has 0 saturated carbocycles. The zero-order valence-electron chi connectivity index (χ0n) is 16.1. The molecule has 4 nitrogen and oxygen atoms in total. The quantitative estimate of drug-likeness (QED) is 0.881. The zero-order valence-corrected chi connectivity index (χ0v) is 16.1. The molecule has 3 rings (SSSR count). The normalized spacial score (nSPS) is 19.0. The van der Waals surface area contributed by atoms with Crippen LogP contribution in [-0.4, -0.2) is 17.6 Å². The fraction of sp³-hybridized carbons (Fsp3) is 0.409. The van der Waals surface area contributed by atoms with Crippen molar-refractivity contribution in [1.82, 2.24) is 5.32 Å². The molecule has 0 unspecified atom stereocenters. The van der Waals surface area contributed by atoms with Crippen LogP contribution in [0.1, 0.15) is 49.9 Å². The van der Waals surface area contributed by atoms with Crippen LogP contribution >= 0.6 is 0 Å². The molecule has 0 fully saturated rings. The van der Waals surface area contributed by atoms with E-state index in [0.717, 1.165) is 28.2 Å². The Balaban J connectivity index is 1.75. The van der Waals surface area contributed by atoms with Crippen LogP contribution in [0.2, 0.25) is 0 Å². The highest BCUT2D eigenvalue weighted by Crippen LogP contribution is 2.40. The average Bonchev–Trinajstić information content (AvgIpc) is 2.55. The van der Waals surface area contributed by atoms with Crippen molar-refractivity contribution in [2.75, 3.05) is 0 Å². The van der Waals surface area contributed by atoms with E-state index < -0.39 is 6.10 Å². The molecule has 2 aromatic rings. The molecule has 1 heterocycles. The molecule has 1 aliphatic heterocycles. The Labute approximate surface area is 155 Å². The summed E-state index contributed by atoms with van der Waals surface area (Å²) in [6, 6.07) is 13.7. The van der Waals surface area contributed by atoms with E-state index in [9.17, 15) is 4.79 Å². The van der Waals surface area contributed by atoms with Crippen LogP contribution in [-0.2, 0) is 4.79 Å². The van der Waals surface area contributed by atoms with E-state index in [1.165, 1.54) is 0 Å². The first-order valence-corrected chi connectivity index (χ1v) is 9.07. The van der Waals surface area contributed by atoms with Crippen molar-refractivity contribution in [2.45, 2.75) is 58.8 Å². The smallest absolute Gasteiger partial charge is 0.261 e. The highest BCUT2D eigenvalue weighted by atomic mass is 16.5. The summed E-state index contributed by atoms with van der Waals surface area (Å²) in [5.74, 6) is 1.46. The summed E-state index contributed by atoms with van der Waals surface area (Å²) in [6.07, 6.45) is 0.141. The third kappa shape index (κ3) is 4.01. The molecular weight excluding hydrogens is 326 g/mol. The monoisotopic (exact) mass is 353 g/mol. The van der Waals surface area contributed by atoms with Gasteiger partial charge in [0.25, 0.3) is 5.91 Å². The van der Waals surface area contributed by atoms with E-state index in [1.807, 2.05) is 70.2 Å². The number of aryl methyl sites for hydroxylation is 2. The summed E-state index contributed by atoms with van der Waals surface area (Å²) in [6.45, 7) is 9.88. The molecule has 0 spiro atoms. The fourth-order valence-corrected chi connectivity index (χ4v) is 3.31. The summed E-state index contributed by atoms with van der Waals surface area (Å²) < 4.78 is 12.0. The molecule has 2 aromatic carbocycles. The second kappa shape index (κ2) is 7.02. The average molecular weight is 353 g/mol. The Bertz CT molecular complexity index is 813. The van der Waals surface area contributed by atoms with Gasteiger partial charge in [-0.2, -0.15) is 0 Å². The van der Waals surface area contributed by atoms with Crippen molar-refractivity contribution in [3.05, 3.63) is 59.2 Å². The van der Waals surface area contributed by atoms with Gasteiger partial charge in [-0.25, -0.2) is 0 Å². The van der Waals surface area contributed by atoms with Crippen LogP contribution in [0.5, 0.6) is 11.5 Å². The molecule has 0 aromatic heterocycles. The third-order valence-corrected chi connectivity index (χ3v) is 4.71. The summed E-state index contributed by atoms with van der Waals surface area (Å²) in [7, 11) is 0. The van der Waals surface area contributed by atoms with Gasteiger partial charge in [0.05, 0.1) is 6.04 Å². The van der Waals surface area contributed by atoms with E-state index in [-0.39, 0.29) is 17.6 Å². The minimum absolute atomic E-state index is 0.0928. The number of rotatable bonds is 4. The maximum atomic E-state index is 12.7. The predicted octanol–water partition coefficient (Wildman–Crippen LogP) is 4.49. The Morgan fingerprint density at radius 2 is 1.96 bits per heavy atom. The fourth-order valence-electron chi connectivity index (χ4n) is 3.31. The molecule has 1 N–H and O–H groups in total. The van der Waals surface area contributed by atoms with Crippen molar-refractivity contribution in [3.8, 4) is 11.5 Å². The SMILES string of the molecule is Cc1ccc2c(c1)OC(C)(C)C[C@@H]2NC(=O)[C@@H](C)Oc1ccccc1C. The third-order valence-electron chi connectivity index (χ3n) is 4.71. The topological polar surface area (TPSA) is 47.6 Å². The summed E-state index contributed by atoms with van der Waals surface area (Å²) >= 11 is 0. The van der Waals surface area contributed by atoms with Gasteiger partial charge in [0.2, 0.25) is 0 Å². The number of carbonyl (C=O) groups excluding carboxylic acids is 1. The molecule has 0 radical (unpaired) electrons. The molecule has 0 bridgehead atoms. The lowest BCUT2D eigenvalue weighted by molar-refractivity contribution is -0.128. The minimum Gasteiger partial charge on any atom is -0.487 e. The molecule has 2 atom stereocenters. The second-order valence-electron chi connectivity index (χ2n) is 7.69. The Morgan fingerprint density at radius 3 is 2.69 bits per heavy atom. The highest BCUT2D eigenvalue weighted by Gasteiger charge is 2.35. The molecular formula is C22H27NO3. The minimum atomic E-state index is -0.573. The molecule has 0 aliphatic carbocycles. The van der Waals surface area contributed by atoms with Crippen molar-refractivity contribution < 1.29 is 14.3 Å². The van der Waals surface area contributed by atoms with Gasteiger partial charge in [-0.1, -0.05) is 30.3 Å². The van der Waals surface area contributed by atoms with Gasteiger partial charge in [-0.3, -0.25) is 4.79 Å². The maximum Gasteiger partial charge on any atom is 0.261 e. The molecule has 1 amide bonds. The number of para-hydroxylation sites is 1. The van der Waals surface area contributed by atoms with Gasteiger partial charge < -0.3 is 14.8 Å². The standard InChI is InChI=1S/C22H27NO3/c1-14-10-11-17-18(13-22(4,5)26-20(17)12-14)23-21(24)16(3)25-19-9-7-6-8-15(19)2/h6-12,16,18H,13H2,1-5H3,(H,23,24)/t16-,18+/m1/s1. The second-order valence-corrected chi connectivity index (χ2v) is 7.69. The van der Waals surface area contributed by atoms with Gasteiger partial charge >= 0.3 is 0 Å². The molecule has 1 aliphatic rings. The molecule has 0 saturated heterocycles. The van der Waals surface area contributed by atoms with Gasteiger partial charge in [-0.05, 0) is 57.9 Å². The number of fused-ring (bicyclic) bond motifs is 1. The van der Waals surface area contributed by atoms with Crippen LogP contribution in [0.3, 0.4) is 0 Å². The maximum absolute atomic E-state index is 12.7. The van der Waals surface area contributed by atoms with Crippen LogP contribution in [0.15, 0.2) is 42.5 Å². The lowest BCUT2D eigenvalue weighted by Crippen LogP contribution is -2.44.